The molecule has 2 aliphatic rings. The largest absolute Gasteiger partial charge is 0.344 e. The number of nitrogens with zero attached hydrogens (tertiary/aromatic N) is 1. The maximum atomic E-state index is 13.6. The van der Waals surface area contributed by atoms with Crippen LogP contribution in [0.15, 0.2) is 18.2 Å². The van der Waals surface area contributed by atoms with Crippen LogP contribution in [0.1, 0.15) is 71.1 Å². The van der Waals surface area contributed by atoms with Gasteiger partial charge >= 0.3 is 0 Å². The summed E-state index contributed by atoms with van der Waals surface area (Å²) in [6.45, 7) is 4.10. The van der Waals surface area contributed by atoms with Crippen LogP contribution in [0.3, 0.4) is 0 Å². The second-order valence-electron chi connectivity index (χ2n) is 8.43. The molecular weight excluding hydrogens is 421 g/mol. The lowest BCUT2D eigenvalue weighted by molar-refractivity contribution is -0.118. The number of rotatable bonds is 6. The van der Waals surface area contributed by atoms with Crippen LogP contribution in [-0.2, 0) is 17.8 Å². The number of amides is 2. The van der Waals surface area contributed by atoms with E-state index < -0.39 is 17.6 Å². The third kappa shape index (κ3) is 3.99. The Hall–Kier alpha value is -2.67. The van der Waals surface area contributed by atoms with Gasteiger partial charge in [0.05, 0.1) is 10.6 Å². The van der Waals surface area contributed by atoms with Gasteiger partial charge in [-0.25, -0.2) is 4.39 Å². The van der Waals surface area contributed by atoms with Crippen molar-refractivity contribution in [3.05, 3.63) is 51.6 Å². The highest BCUT2D eigenvalue weighted by molar-refractivity contribution is 6.48. The van der Waals surface area contributed by atoms with E-state index in [2.05, 4.69) is 10.6 Å². The molecule has 0 radical (unpaired) electrons. The second kappa shape index (κ2) is 8.11. The predicted octanol–water partition coefficient (Wildman–Crippen LogP) is 4.42. The number of fused-ring (bicyclic) bond motifs is 1. The number of carbonyl (C=O) groups excluding carboxylic acids is 3. The number of anilines is 1. The van der Waals surface area contributed by atoms with Crippen molar-refractivity contribution < 1.29 is 18.8 Å². The zero-order valence-corrected chi connectivity index (χ0v) is 18.4. The fourth-order valence-corrected chi connectivity index (χ4v) is 4.58. The van der Waals surface area contributed by atoms with Crippen LogP contribution >= 0.6 is 11.6 Å². The number of hydrogen-bond acceptors (Lipinski definition) is 3. The summed E-state index contributed by atoms with van der Waals surface area (Å²) in [5.41, 5.74) is 1.47. The normalized spacial score (nSPS) is 16.4. The highest BCUT2D eigenvalue weighted by atomic mass is 35.5. The highest BCUT2D eigenvalue weighted by Gasteiger charge is 2.44. The van der Waals surface area contributed by atoms with Crippen LogP contribution < -0.4 is 10.6 Å². The fraction of sp³-hybridized carbons (Fsp3) is 0.435. The third-order valence-electron chi connectivity index (χ3n) is 6.33. The second-order valence-corrected chi connectivity index (χ2v) is 8.81. The molecular formula is C23H25ClFN3O3. The van der Waals surface area contributed by atoms with Crippen LogP contribution in [0.25, 0.3) is 0 Å². The van der Waals surface area contributed by atoms with Crippen molar-refractivity contribution >= 4 is 34.9 Å². The molecule has 1 aliphatic carbocycles. The van der Waals surface area contributed by atoms with Crippen LogP contribution in [0.2, 0.25) is 5.02 Å². The lowest BCUT2D eigenvalue weighted by atomic mass is 10.1. The van der Waals surface area contributed by atoms with E-state index in [9.17, 15) is 18.8 Å². The molecule has 1 aromatic heterocycles. The molecule has 1 aliphatic heterocycles. The number of nitrogens with one attached hydrogen (secondary N) is 2. The Bertz CT molecular complexity index is 1090. The Balaban J connectivity index is 1.66. The topological polar surface area (TPSA) is 80.2 Å². The van der Waals surface area contributed by atoms with Crippen molar-refractivity contribution in [1.29, 1.82) is 0 Å². The van der Waals surface area contributed by atoms with Gasteiger partial charge in [0.2, 0.25) is 0 Å². The quantitative estimate of drug-likeness (QED) is 0.510. The molecule has 8 heteroatoms. The van der Waals surface area contributed by atoms with Crippen LogP contribution in [0.4, 0.5) is 10.1 Å². The zero-order valence-electron chi connectivity index (χ0n) is 17.6. The van der Waals surface area contributed by atoms with E-state index in [-0.39, 0.29) is 27.6 Å². The molecule has 2 heterocycles. The van der Waals surface area contributed by atoms with E-state index in [0.29, 0.717) is 29.9 Å². The lowest BCUT2D eigenvalue weighted by Crippen LogP contribution is -2.41. The van der Waals surface area contributed by atoms with E-state index in [1.54, 1.807) is 11.5 Å². The summed E-state index contributed by atoms with van der Waals surface area (Å²) in [5, 5.41) is 5.58. The molecule has 1 aromatic carbocycles. The summed E-state index contributed by atoms with van der Waals surface area (Å²) in [7, 11) is 0. The summed E-state index contributed by atoms with van der Waals surface area (Å²) >= 11 is 6.55. The minimum absolute atomic E-state index is 0.00488. The minimum Gasteiger partial charge on any atom is -0.344 e. The van der Waals surface area contributed by atoms with Gasteiger partial charge in [-0.2, -0.15) is 0 Å². The van der Waals surface area contributed by atoms with Crippen molar-refractivity contribution in [2.75, 3.05) is 5.32 Å². The number of carbonyl (C=O) groups is 3. The molecule has 0 spiro atoms. The van der Waals surface area contributed by atoms with E-state index in [1.807, 2.05) is 6.92 Å². The number of aromatic nitrogens is 1. The Labute approximate surface area is 185 Å². The monoisotopic (exact) mass is 445 g/mol. The first kappa shape index (κ1) is 21.6. The zero-order chi connectivity index (χ0) is 22.3. The maximum Gasteiger partial charge on any atom is 0.294 e. The van der Waals surface area contributed by atoms with Gasteiger partial charge < -0.3 is 15.2 Å². The van der Waals surface area contributed by atoms with E-state index in [4.69, 9.17) is 11.6 Å². The maximum absolute atomic E-state index is 13.6. The number of halogens is 2. The summed E-state index contributed by atoms with van der Waals surface area (Å²) < 4.78 is 15.3. The minimum atomic E-state index is -0.718. The van der Waals surface area contributed by atoms with Gasteiger partial charge in [0.1, 0.15) is 11.5 Å². The molecule has 2 aromatic rings. The van der Waals surface area contributed by atoms with E-state index in [0.717, 1.165) is 32.1 Å². The molecule has 0 saturated heterocycles. The predicted molar refractivity (Wildman–Crippen MR) is 116 cm³/mol. The molecule has 0 unspecified atom stereocenters. The van der Waals surface area contributed by atoms with Gasteiger partial charge in [0, 0.05) is 23.5 Å². The fourth-order valence-electron chi connectivity index (χ4n) is 4.19. The summed E-state index contributed by atoms with van der Waals surface area (Å²) in [6, 6.07) is 4.28. The van der Waals surface area contributed by atoms with Crippen LogP contribution in [-0.4, -0.2) is 27.7 Å². The number of hydrogen-bond donors (Lipinski definition) is 2. The molecule has 1 fully saturated rings. The molecule has 0 bridgehead atoms. The number of Topliss-reactive ketones (excluding diaryl/α,β-unsaturated/α-hetero) is 1. The van der Waals surface area contributed by atoms with Gasteiger partial charge in [-0.05, 0) is 69.2 Å². The first-order valence-electron chi connectivity index (χ1n) is 10.6. The van der Waals surface area contributed by atoms with Gasteiger partial charge in [0.15, 0.2) is 0 Å². The van der Waals surface area contributed by atoms with Gasteiger partial charge in [-0.3, -0.25) is 14.4 Å². The van der Waals surface area contributed by atoms with Crippen LogP contribution in [0.5, 0.6) is 0 Å². The van der Waals surface area contributed by atoms with E-state index in [1.165, 1.54) is 18.2 Å². The first-order valence-corrected chi connectivity index (χ1v) is 11.0. The summed E-state index contributed by atoms with van der Waals surface area (Å²) in [5.74, 6) is -2.25. The van der Waals surface area contributed by atoms with Crippen molar-refractivity contribution in [2.45, 2.75) is 64.5 Å². The molecule has 4 rings (SSSR count). The van der Waals surface area contributed by atoms with E-state index >= 15 is 0 Å². The molecule has 0 atom stereocenters. The number of ketones is 1. The molecule has 164 valence electrons. The SMILES string of the molecule is CCC1(NC(=O)C(=O)c2c(Cl)c(C(=O)Nc3ccc(F)c(C)c3)c3n2CCCC3)CC1. The number of benzene rings is 1. The van der Waals surface area contributed by atoms with Crippen LogP contribution in [0, 0.1) is 12.7 Å². The Morgan fingerprint density at radius 3 is 2.61 bits per heavy atom. The van der Waals surface area contributed by atoms with Crippen molar-refractivity contribution in [3.63, 3.8) is 0 Å². The average molecular weight is 446 g/mol. The van der Waals surface area contributed by atoms with Crippen molar-refractivity contribution in [3.8, 4) is 0 Å². The van der Waals surface area contributed by atoms with Gasteiger partial charge in [-0.1, -0.05) is 18.5 Å². The Morgan fingerprint density at radius 2 is 1.97 bits per heavy atom. The standard InChI is InChI=1S/C23H25ClFN3O3/c1-3-23(9-10-23)27-22(31)20(29)19-18(24)17(16-6-4-5-11-28(16)19)21(30)26-14-7-8-15(25)13(2)12-14/h7-8,12H,3-6,9-11H2,1-2H3,(H,26,30)(H,27,31). The summed E-state index contributed by atoms with van der Waals surface area (Å²) in [6.07, 6.45) is 4.74. The van der Waals surface area contributed by atoms with Gasteiger partial charge in [-0.15, -0.1) is 0 Å². The smallest absolute Gasteiger partial charge is 0.294 e. The Morgan fingerprint density at radius 1 is 1.23 bits per heavy atom. The molecule has 2 N–H and O–H groups in total. The molecule has 31 heavy (non-hydrogen) atoms. The summed E-state index contributed by atoms with van der Waals surface area (Å²) in [4.78, 5) is 38.8. The average Bonchev–Trinajstić information content (AvgIpc) is 3.45. The first-order chi connectivity index (χ1) is 14.8. The highest BCUT2D eigenvalue weighted by Crippen LogP contribution is 2.39. The van der Waals surface area contributed by atoms with Gasteiger partial charge in [0.25, 0.3) is 17.6 Å². The van der Waals surface area contributed by atoms with Crippen molar-refractivity contribution in [1.82, 2.24) is 9.88 Å². The third-order valence-corrected chi connectivity index (χ3v) is 6.70. The molecule has 2 amide bonds. The lowest BCUT2D eigenvalue weighted by Gasteiger charge is -2.19. The number of aryl methyl sites for hydroxylation is 1. The molecule has 6 nitrogen and oxygen atoms in total. The Kier molecular flexibility index (Phi) is 5.64. The molecule has 1 saturated carbocycles. The van der Waals surface area contributed by atoms with Crippen molar-refractivity contribution in [2.24, 2.45) is 0 Å².